The van der Waals surface area contributed by atoms with Crippen LogP contribution in [-0.4, -0.2) is 12.5 Å². The van der Waals surface area contributed by atoms with Crippen molar-refractivity contribution in [2.45, 2.75) is 83.8 Å². The lowest BCUT2D eigenvalue weighted by Gasteiger charge is -2.44. The van der Waals surface area contributed by atoms with Crippen LogP contribution in [0.3, 0.4) is 0 Å². The first-order valence-electron chi connectivity index (χ1n) is 8.48. The zero-order chi connectivity index (χ0) is 16.0. The number of unbranched alkanes of at least 4 members (excludes halogenated alkanes) is 2. The molecule has 0 amide bonds. The van der Waals surface area contributed by atoms with E-state index in [4.69, 9.17) is 6.42 Å². The van der Waals surface area contributed by atoms with Crippen molar-refractivity contribution in [3.05, 3.63) is 24.0 Å². The summed E-state index contributed by atoms with van der Waals surface area (Å²) in [6.07, 6.45) is 14.5. The number of aryl methyl sites for hydroxylation is 1. The van der Waals surface area contributed by atoms with Crippen molar-refractivity contribution in [2.24, 2.45) is 0 Å². The van der Waals surface area contributed by atoms with Crippen LogP contribution in [0.25, 0.3) is 0 Å². The Hall–Kier alpha value is -0.943. The molecule has 21 heavy (non-hydrogen) atoms. The van der Waals surface area contributed by atoms with Gasteiger partial charge in [-0.3, -0.25) is 0 Å². The molecule has 0 bridgehead atoms. The molecule has 0 unspecified atom stereocenters. The molecule has 0 saturated carbocycles. The first kappa shape index (κ1) is 18.1. The lowest BCUT2D eigenvalue weighted by atomic mass is 10.1. The normalized spacial score (nSPS) is 12.4. The maximum Gasteiger partial charge on any atom is 0.168 e. The lowest BCUT2D eigenvalue weighted by molar-refractivity contribution is 0.749. The molecule has 1 nitrogen and oxygen atoms in total. The van der Waals surface area contributed by atoms with E-state index in [1.54, 1.807) is 0 Å². The highest BCUT2D eigenvalue weighted by molar-refractivity contribution is 6.82. The van der Waals surface area contributed by atoms with Crippen LogP contribution in [0.4, 0.5) is 0 Å². The Morgan fingerprint density at radius 2 is 1.62 bits per heavy atom. The minimum atomic E-state index is -1.55. The maximum atomic E-state index is 5.32. The molecule has 0 aliphatic carbocycles. The van der Waals surface area contributed by atoms with Gasteiger partial charge in [0.05, 0.1) is 0 Å². The maximum absolute atomic E-state index is 5.32. The zero-order valence-corrected chi connectivity index (χ0v) is 15.8. The molecule has 1 aromatic heterocycles. The summed E-state index contributed by atoms with van der Waals surface area (Å²) in [7, 11) is -1.55. The molecule has 0 saturated heterocycles. The Kier molecular flexibility index (Phi) is 6.81. The number of nitrogens with zero attached hydrogens (tertiary/aromatic N) is 1. The van der Waals surface area contributed by atoms with Gasteiger partial charge in [-0.25, -0.2) is 0 Å². The van der Waals surface area contributed by atoms with Gasteiger partial charge in [-0.15, -0.1) is 12.3 Å². The van der Waals surface area contributed by atoms with E-state index < -0.39 is 8.24 Å². The van der Waals surface area contributed by atoms with Crippen molar-refractivity contribution >= 4 is 8.24 Å². The highest BCUT2D eigenvalue weighted by atomic mass is 28.3. The van der Waals surface area contributed by atoms with Gasteiger partial charge in [-0.1, -0.05) is 41.5 Å². The molecule has 0 aliphatic heterocycles. The van der Waals surface area contributed by atoms with Gasteiger partial charge in [0.25, 0.3) is 0 Å². The third-order valence-corrected chi connectivity index (χ3v) is 11.7. The van der Waals surface area contributed by atoms with Gasteiger partial charge >= 0.3 is 0 Å². The largest absolute Gasteiger partial charge is 0.379 e. The van der Waals surface area contributed by atoms with Gasteiger partial charge in [0.15, 0.2) is 8.24 Å². The Morgan fingerprint density at radius 3 is 2.10 bits per heavy atom. The van der Waals surface area contributed by atoms with E-state index in [1.165, 1.54) is 12.0 Å². The van der Waals surface area contributed by atoms with Crippen molar-refractivity contribution in [1.29, 1.82) is 0 Å². The molecule has 0 aliphatic rings. The van der Waals surface area contributed by atoms with Crippen LogP contribution < -0.4 is 0 Å². The summed E-state index contributed by atoms with van der Waals surface area (Å²) >= 11 is 0. The minimum Gasteiger partial charge on any atom is -0.379 e. The van der Waals surface area contributed by atoms with E-state index in [-0.39, 0.29) is 0 Å². The first-order chi connectivity index (χ1) is 9.87. The molecule has 0 aromatic carbocycles. The summed E-state index contributed by atoms with van der Waals surface area (Å²) in [5.74, 6) is 2.73. The molecule has 1 aromatic rings. The van der Waals surface area contributed by atoms with E-state index in [0.29, 0.717) is 0 Å². The van der Waals surface area contributed by atoms with Gasteiger partial charge in [0.1, 0.15) is 0 Å². The van der Waals surface area contributed by atoms with Crippen LogP contribution in [-0.2, 0) is 6.42 Å². The monoisotopic (exact) mass is 303 g/mol. The van der Waals surface area contributed by atoms with Crippen LogP contribution in [0.2, 0.25) is 16.6 Å². The van der Waals surface area contributed by atoms with Gasteiger partial charge in [0.2, 0.25) is 0 Å². The lowest BCUT2D eigenvalue weighted by Crippen LogP contribution is -2.51. The van der Waals surface area contributed by atoms with E-state index in [1.807, 2.05) is 0 Å². The van der Waals surface area contributed by atoms with E-state index in [9.17, 15) is 0 Å². The number of hydrogen-bond donors (Lipinski definition) is 0. The molecular weight excluding hydrogens is 270 g/mol. The summed E-state index contributed by atoms with van der Waals surface area (Å²) in [4.78, 5) is 0. The summed E-state index contributed by atoms with van der Waals surface area (Å²) in [5, 5.41) is 0. The van der Waals surface area contributed by atoms with Gasteiger partial charge in [-0.2, -0.15) is 0 Å². The van der Waals surface area contributed by atoms with Crippen LogP contribution >= 0.6 is 0 Å². The topological polar surface area (TPSA) is 4.93 Å². The van der Waals surface area contributed by atoms with Crippen LogP contribution in [0.15, 0.2) is 18.5 Å². The smallest absolute Gasteiger partial charge is 0.168 e. The predicted molar refractivity (Wildman–Crippen MR) is 97.3 cm³/mol. The highest BCUT2D eigenvalue weighted by Gasteiger charge is 2.44. The van der Waals surface area contributed by atoms with E-state index in [0.717, 1.165) is 35.9 Å². The average molecular weight is 304 g/mol. The third kappa shape index (κ3) is 3.83. The molecule has 0 radical (unpaired) electrons. The van der Waals surface area contributed by atoms with Crippen LogP contribution in [0, 0.1) is 12.3 Å². The highest BCUT2D eigenvalue weighted by Crippen LogP contribution is 2.42. The summed E-state index contributed by atoms with van der Waals surface area (Å²) in [5.41, 5.74) is 3.73. The predicted octanol–water partition coefficient (Wildman–Crippen LogP) is 5.86. The zero-order valence-electron chi connectivity index (χ0n) is 14.8. The second kappa shape index (κ2) is 7.89. The minimum absolute atomic E-state index is 0.749. The summed E-state index contributed by atoms with van der Waals surface area (Å²) in [6, 6.07) is 2.32. The van der Waals surface area contributed by atoms with E-state index in [2.05, 4.69) is 70.2 Å². The van der Waals surface area contributed by atoms with Crippen molar-refractivity contribution in [3.8, 4) is 12.3 Å². The van der Waals surface area contributed by atoms with Crippen LogP contribution in [0.5, 0.6) is 0 Å². The Morgan fingerprint density at radius 1 is 1.05 bits per heavy atom. The Balaban J connectivity index is 2.96. The molecule has 1 heterocycles. The van der Waals surface area contributed by atoms with Crippen LogP contribution in [0.1, 0.15) is 66.4 Å². The molecule has 118 valence electrons. The Labute approximate surface area is 133 Å². The second-order valence-electron chi connectivity index (χ2n) is 7.19. The van der Waals surface area contributed by atoms with Crippen molar-refractivity contribution in [3.63, 3.8) is 0 Å². The Bertz CT molecular complexity index is 440. The molecule has 2 heteroatoms. The molecule has 0 fully saturated rings. The van der Waals surface area contributed by atoms with Crippen molar-refractivity contribution < 1.29 is 0 Å². The fourth-order valence-corrected chi connectivity index (χ4v) is 10.8. The van der Waals surface area contributed by atoms with Gasteiger partial charge in [-0.05, 0) is 59.9 Å². The average Bonchev–Trinajstić information content (AvgIpc) is 2.83. The second-order valence-corrected chi connectivity index (χ2v) is 12.9. The number of hydrogen-bond acceptors (Lipinski definition) is 0. The molecular formula is C19H33NSi. The fourth-order valence-electron chi connectivity index (χ4n) is 4.28. The number of rotatable bonds is 8. The molecule has 0 N–H and O–H groups in total. The first-order valence-corrected chi connectivity index (χ1v) is 10.7. The van der Waals surface area contributed by atoms with Gasteiger partial charge < -0.3 is 4.23 Å². The van der Waals surface area contributed by atoms with Gasteiger partial charge in [0, 0.05) is 6.42 Å². The summed E-state index contributed by atoms with van der Waals surface area (Å²) < 4.78 is 2.63. The molecule has 0 atom stereocenters. The van der Waals surface area contributed by atoms with Crippen molar-refractivity contribution in [2.75, 3.05) is 0 Å². The third-order valence-electron chi connectivity index (χ3n) is 5.01. The molecule has 1 rings (SSSR count). The number of terminal acetylenes is 1. The summed E-state index contributed by atoms with van der Waals surface area (Å²) in [6.45, 7) is 14.5. The standard InChI is InChI=1S/C19H33NSi/c1-8-9-10-11-12-19-13-14-20(15-19)21(16(2)3,17(4)5)18(6)7/h1,13-18H,9-12H2,2-7H3. The van der Waals surface area contributed by atoms with E-state index >= 15 is 0 Å². The van der Waals surface area contributed by atoms with Crippen molar-refractivity contribution in [1.82, 2.24) is 4.23 Å². The fraction of sp³-hybridized carbons (Fsp3) is 0.684. The quantitative estimate of drug-likeness (QED) is 0.322. The number of aromatic nitrogens is 1. The SMILES string of the molecule is C#CCCCCc1ccn([Si](C(C)C)(C(C)C)C(C)C)c1. The molecule has 0 spiro atoms.